The van der Waals surface area contributed by atoms with Gasteiger partial charge in [0.1, 0.15) is 17.3 Å². The van der Waals surface area contributed by atoms with E-state index >= 15 is 0 Å². The van der Waals surface area contributed by atoms with Crippen LogP contribution in [0.2, 0.25) is 0 Å². The van der Waals surface area contributed by atoms with Crippen molar-refractivity contribution in [1.29, 1.82) is 0 Å². The van der Waals surface area contributed by atoms with Crippen LogP contribution in [0.4, 0.5) is 43.9 Å². The number of aryl methyl sites for hydroxylation is 1. The molecule has 2 aromatic carbocycles. The van der Waals surface area contributed by atoms with Crippen LogP contribution in [0.5, 0.6) is 11.5 Å². The van der Waals surface area contributed by atoms with Gasteiger partial charge in [0.2, 0.25) is 0 Å². The van der Waals surface area contributed by atoms with E-state index < -0.39 is 47.9 Å². The molecule has 0 spiro atoms. The fourth-order valence-corrected chi connectivity index (χ4v) is 2.65. The van der Waals surface area contributed by atoms with Gasteiger partial charge in [0, 0.05) is 18.6 Å². The van der Waals surface area contributed by atoms with E-state index in [1.54, 1.807) is 0 Å². The predicted octanol–water partition coefficient (Wildman–Crippen LogP) is 6.33. The van der Waals surface area contributed by atoms with Gasteiger partial charge in [-0.3, -0.25) is 0 Å². The maximum Gasteiger partial charge on any atom is 0.471 e. The number of hydrogen-bond acceptors (Lipinski definition) is 3. The van der Waals surface area contributed by atoms with Gasteiger partial charge in [0.15, 0.2) is 6.79 Å². The molecule has 0 N–H and O–H groups in total. The summed E-state index contributed by atoms with van der Waals surface area (Å²) in [5.74, 6) is -16.8. The van der Waals surface area contributed by atoms with Gasteiger partial charge in [0.05, 0.1) is 0 Å². The Hall–Kier alpha value is -2.44. The van der Waals surface area contributed by atoms with E-state index in [4.69, 9.17) is 4.74 Å². The predicted molar refractivity (Wildman–Crippen MR) is 87.3 cm³/mol. The molecule has 174 valence electrons. The lowest BCUT2D eigenvalue weighted by molar-refractivity contribution is -0.428. The van der Waals surface area contributed by atoms with Gasteiger partial charge in [0.25, 0.3) is 0 Å². The van der Waals surface area contributed by atoms with Crippen LogP contribution in [0.15, 0.2) is 24.3 Å². The largest absolute Gasteiger partial charge is 0.471 e. The Bertz CT molecular complexity index is 940. The van der Waals surface area contributed by atoms with Gasteiger partial charge in [-0.2, -0.15) is 39.5 Å². The highest BCUT2D eigenvalue weighted by molar-refractivity contribution is 5.93. The summed E-state index contributed by atoms with van der Waals surface area (Å²) in [6.45, 7) is 0.896. The molecule has 0 aliphatic rings. The molecule has 0 amide bonds. The molecule has 2 rings (SSSR count). The van der Waals surface area contributed by atoms with Crippen molar-refractivity contribution in [1.82, 2.24) is 0 Å². The lowest BCUT2D eigenvalue weighted by Crippen LogP contribution is -2.62. The second-order valence-corrected chi connectivity index (χ2v) is 6.22. The number of benzene rings is 2. The molecule has 0 aliphatic carbocycles. The lowest BCUT2D eigenvalue weighted by atomic mass is 10.0. The van der Waals surface area contributed by atoms with E-state index in [2.05, 4.69) is 9.47 Å². The minimum Gasteiger partial charge on any atom is -0.467 e. The highest BCUT2D eigenvalue weighted by atomic mass is 19.4. The van der Waals surface area contributed by atoms with Crippen molar-refractivity contribution in [3.63, 3.8) is 0 Å². The van der Waals surface area contributed by atoms with Crippen molar-refractivity contribution in [3.05, 3.63) is 35.6 Å². The van der Waals surface area contributed by atoms with E-state index in [1.165, 1.54) is 14.0 Å². The Morgan fingerprint density at radius 3 is 2.00 bits per heavy atom. The minimum absolute atomic E-state index is 0.0939. The van der Waals surface area contributed by atoms with Crippen molar-refractivity contribution in [2.24, 2.45) is 0 Å². The van der Waals surface area contributed by atoms with Crippen LogP contribution < -0.4 is 9.47 Å². The summed E-state index contributed by atoms with van der Waals surface area (Å²) in [7, 11) is 1.18. The zero-order chi connectivity index (χ0) is 23.8. The summed E-state index contributed by atoms with van der Waals surface area (Å²) < 4.78 is 146. The van der Waals surface area contributed by atoms with Gasteiger partial charge in [-0.25, -0.2) is 4.39 Å². The molecule has 0 atom stereocenters. The van der Waals surface area contributed by atoms with Crippen molar-refractivity contribution in [2.45, 2.75) is 37.5 Å². The maximum absolute atomic E-state index is 14.1. The van der Waals surface area contributed by atoms with Crippen molar-refractivity contribution >= 4 is 10.8 Å². The van der Waals surface area contributed by atoms with Gasteiger partial charge < -0.3 is 14.2 Å². The zero-order valence-electron chi connectivity index (χ0n) is 15.7. The Morgan fingerprint density at radius 1 is 0.871 bits per heavy atom. The van der Waals surface area contributed by atoms with Crippen LogP contribution in [0, 0.1) is 5.82 Å². The molecule has 0 aliphatic heterocycles. The Kier molecular flexibility index (Phi) is 6.60. The minimum atomic E-state index is -7.14. The van der Waals surface area contributed by atoms with Crippen molar-refractivity contribution in [2.75, 3.05) is 13.9 Å². The molecule has 2 aromatic rings. The third kappa shape index (κ3) is 4.32. The van der Waals surface area contributed by atoms with Crippen molar-refractivity contribution in [3.8, 4) is 11.5 Å². The van der Waals surface area contributed by atoms with E-state index in [-0.39, 0.29) is 23.1 Å². The third-order valence-corrected chi connectivity index (χ3v) is 4.16. The van der Waals surface area contributed by atoms with E-state index in [1.807, 2.05) is 0 Å². The van der Waals surface area contributed by atoms with E-state index in [0.717, 1.165) is 18.2 Å². The summed E-state index contributed by atoms with van der Waals surface area (Å²) in [5.41, 5.74) is -0.326. The molecule has 31 heavy (non-hydrogen) atoms. The van der Waals surface area contributed by atoms with Crippen LogP contribution in [-0.4, -0.2) is 38.0 Å². The van der Waals surface area contributed by atoms with Gasteiger partial charge in [-0.15, -0.1) is 0 Å². The summed E-state index contributed by atoms with van der Waals surface area (Å²) >= 11 is 0. The zero-order valence-corrected chi connectivity index (χ0v) is 15.7. The number of halogens is 10. The number of methoxy groups -OCH3 is 1. The first kappa shape index (κ1) is 24.8. The molecule has 0 radical (unpaired) electrons. The summed E-state index contributed by atoms with van der Waals surface area (Å²) in [4.78, 5) is 0. The molecule has 0 bridgehead atoms. The van der Waals surface area contributed by atoms with Crippen molar-refractivity contribution < 1.29 is 58.1 Å². The summed E-state index contributed by atoms with van der Waals surface area (Å²) in [6, 6.07) is 3.61. The molecule has 0 unspecified atom stereocenters. The molecular formula is C18H14F10O3. The molecule has 0 saturated carbocycles. The summed E-state index contributed by atoms with van der Waals surface area (Å²) in [6.07, 6.45) is -13.5. The average Bonchev–Trinajstić information content (AvgIpc) is 2.65. The summed E-state index contributed by atoms with van der Waals surface area (Å²) in [5, 5.41) is -0.624. The van der Waals surface area contributed by atoms with Crippen LogP contribution >= 0.6 is 0 Å². The number of rotatable bonds is 8. The maximum atomic E-state index is 14.1. The first-order valence-corrected chi connectivity index (χ1v) is 8.36. The number of alkyl halides is 9. The highest BCUT2D eigenvalue weighted by Crippen LogP contribution is 2.54. The van der Waals surface area contributed by atoms with E-state index in [9.17, 15) is 43.9 Å². The molecular weight excluding hydrogens is 454 g/mol. The SMILES string of the molecule is CCc1c(F)ccc2cc(OCOC)cc(OC(F)(F)C(F)(F)C(F)(F)C(F)(F)F)c12. The van der Waals surface area contributed by atoms with Gasteiger partial charge in [-0.1, -0.05) is 13.0 Å². The molecule has 13 heteroatoms. The van der Waals surface area contributed by atoms with Crippen LogP contribution in [0.25, 0.3) is 10.8 Å². The Balaban J connectivity index is 2.69. The monoisotopic (exact) mass is 468 g/mol. The Labute approximate surface area is 168 Å². The first-order chi connectivity index (χ1) is 14.1. The normalized spacial score (nSPS) is 13.5. The van der Waals surface area contributed by atoms with Crippen LogP contribution in [0.1, 0.15) is 12.5 Å². The second-order valence-electron chi connectivity index (χ2n) is 6.22. The molecule has 0 saturated heterocycles. The topological polar surface area (TPSA) is 27.7 Å². The first-order valence-electron chi connectivity index (χ1n) is 8.36. The smallest absolute Gasteiger partial charge is 0.467 e. The fraction of sp³-hybridized carbons (Fsp3) is 0.444. The molecule has 0 aromatic heterocycles. The van der Waals surface area contributed by atoms with Crippen LogP contribution in [0.3, 0.4) is 0 Å². The molecule has 0 heterocycles. The fourth-order valence-electron chi connectivity index (χ4n) is 2.65. The second kappa shape index (κ2) is 8.24. The van der Waals surface area contributed by atoms with Crippen LogP contribution in [-0.2, 0) is 11.2 Å². The average molecular weight is 468 g/mol. The lowest BCUT2D eigenvalue weighted by Gasteiger charge is -2.33. The third-order valence-electron chi connectivity index (χ3n) is 4.16. The van der Waals surface area contributed by atoms with Gasteiger partial charge >= 0.3 is 24.1 Å². The number of fused-ring (bicyclic) bond motifs is 1. The standard InChI is InChI=1S/C18H14F10O3/c1-3-11-12(19)5-4-9-6-10(30-8-29-2)7-13(14(9)11)31-18(27,28)16(22,23)15(20,21)17(24,25)26/h4-7H,3,8H2,1-2H3. The van der Waals surface area contributed by atoms with Gasteiger partial charge in [-0.05, 0) is 29.5 Å². The molecule has 3 nitrogen and oxygen atoms in total. The number of hydrogen-bond donors (Lipinski definition) is 0. The Morgan fingerprint density at radius 2 is 1.48 bits per heavy atom. The number of ether oxygens (including phenoxy) is 3. The molecule has 0 fully saturated rings. The van der Waals surface area contributed by atoms with E-state index in [0.29, 0.717) is 6.07 Å². The quantitative estimate of drug-likeness (QED) is 0.335. The highest BCUT2D eigenvalue weighted by Gasteiger charge is 2.83.